The Bertz CT molecular complexity index is 833. The Kier molecular flexibility index (Phi) is 14.1. The number of benzene rings is 2. The average Bonchev–Trinajstić information content (AvgIpc) is 2.77. The van der Waals surface area contributed by atoms with Crippen LogP contribution in [0.1, 0.15) is 0 Å². The van der Waals surface area contributed by atoms with Gasteiger partial charge in [-0.15, -0.1) is 0 Å². The van der Waals surface area contributed by atoms with Crippen LogP contribution in [0, 0.1) is 20.2 Å². The summed E-state index contributed by atoms with van der Waals surface area (Å²) in [6.07, 6.45) is 0. The van der Waals surface area contributed by atoms with Gasteiger partial charge in [-0.1, -0.05) is 15.9 Å². The number of nitrogens with zero attached hydrogens (tertiary/aromatic N) is 2. The molecular formula is C18H23BrN2O10. The van der Waals surface area contributed by atoms with Crippen molar-refractivity contribution in [3.05, 3.63) is 56.6 Å². The van der Waals surface area contributed by atoms with Gasteiger partial charge in [0.2, 0.25) is 0 Å². The van der Waals surface area contributed by atoms with E-state index in [0.29, 0.717) is 11.1 Å². The van der Waals surface area contributed by atoms with E-state index < -0.39 is 9.85 Å². The highest BCUT2D eigenvalue weighted by molar-refractivity contribution is 9.09. The van der Waals surface area contributed by atoms with Gasteiger partial charge < -0.3 is 29.5 Å². The van der Waals surface area contributed by atoms with Gasteiger partial charge in [-0.05, 0) is 12.1 Å². The summed E-state index contributed by atoms with van der Waals surface area (Å²) < 4.78 is 14.7. The molecule has 0 bridgehead atoms. The zero-order chi connectivity index (χ0) is 23.8. The van der Waals surface area contributed by atoms with Crippen LogP contribution in [0.3, 0.4) is 0 Å². The topological polar surface area (TPSA) is 175 Å². The second-order valence-corrected chi connectivity index (χ2v) is 5.98. The average molecular weight is 507 g/mol. The zero-order valence-electron chi connectivity index (χ0n) is 16.8. The molecule has 0 unspecified atom stereocenters. The number of halogens is 1. The molecule has 0 saturated carbocycles. The lowest BCUT2D eigenvalue weighted by molar-refractivity contribution is -0.385. The predicted octanol–water partition coefficient (Wildman–Crippen LogP) is 2.66. The summed E-state index contributed by atoms with van der Waals surface area (Å²) in [7, 11) is 2.81. The summed E-state index contributed by atoms with van der Waals surface area (Å²) in [6.45, 7) is 0.142. The van der Waals surface area contributed by atoms with Crippen LogP contribution in [0.4, 0.5) is 11.4 Å². The van der Waals surface area contributed by atoms with Crippen LogP contribution in [-0.4, -0.2) is 64.5 Å². The van der Waals surface area contributed by atoms with Gasteiger partial charge >= 0.3 is 0 Å². The van der Waals surface area contributed by atoms with Gasteiger partial charge in [0.05, 0.1) is 49.4 Å². The number of phenolic OH excluding ortho intramolecular Hbond substituents is 1. The molecule has 0 aliphatic carbocycles. The second-order valence-electron chi connectivity index (χ2n) is 5.19. The van der Waals surface area contributed by atoms with Crippen LogP contribution in [0.5, 0.6) is 23.0 Å². The SMILES string of the molecule is COc1ccc([N+](=O)[O-])cc1O.COc1ccc([N+](=O)[O-])cc1OCCO.OCCBr. The molecule has 0 spiro atoms. The lowest BCUT2D eigenvalue weighted by Crippen LogP contribution is -2.03. The smallest absolute Gasteiger partial charge is 0.273 e. The van der Waals surface area contributed by atoms with E-state index in [9.17, 15) is 20.2 Å². The molecule has 13 heteroatoms. The van der Waals surface area contributed by atoms with Gasteiger partial charge in [0.1, 0.15) is 6.61 Å². The summed E-state index contributed by atoms with van der Waals surface area (Å²) in [5, 5.41) is 46.9. The Hall–Kier alpha value is -3.16. The Morgan fingerprint density at radius 1 is 0.871 bits per heavy atom. The minimum atomic E-state index is -0.584. The lowest BCUT2D eigenvalue weighted by Gasteiger charge is -2.08. The molecule has 2 aromatic rings. The van der Waals surface area contributed by atoms with Gasteiger partial charge in [0, 0.05) is 17.5 Å². The number of aliphatic hydroxyl groups is 2. The first-order chi connectivity index (χ1) is 14.7. The first-order valence-corrected chi connectivity index (χ1v) is 9.62. The Balaban J connectivity index is 0.000000504. The highest BCUT2D eigenvalue weighted by Gasteiger charge is 2.12. The number of aromatic hydroxyl groups is 1. The van der Waals surface area contributed by atoms with Gasteiger partial charge in [-0.25, -0.2) is 0 Å². The van der Waals surface area contributed by atoms with E-state index in [2.05, 4.69) is 15.9 Å². The summed E-state index contributed by atoms with van der Waals surface area (Å²) in [4.78, 5) is 19.6. The number of hydrogen-bond acceptors (Lipinski definition) is 10. The Morgan fingerprint density at radius 3 is 1.74 bits per heavy atom. The van der Waals surface area contributed by atoms with Crippen molar-refractivity contribution in [3.8, 4) is 23.0 Å². The molecule has 0 aliphatic rings. The van der Waals surface area contributed by atoms with Gasteiger partial charge in [0.15, 0.2) is 23.0 Å². The molecule has 31 heavy (non-hydrogen) atoms. The van der Waals surface area contributed by atoms with E-state index in [4.69, 9.17) is 29.5 Å². The van der Waals surface area contributed by atoms with E-state index in [1.807, 2.05) is 0 Å². The zero-order valence-corrected chi connectivity index (χ0v) is 18.4. The molecule has 2 aromatic carbocycles. The number of nitro benzene ring substituents is 2. The lowest BCUT2D eigenvalue weighted by atomic mass is 10.3. The van der Waals surface area contributed by atoms with Gasteiger partial charge in [-0.3, -0.25) is 20.2 Å². The number of aliphatic hydroxyl groups excluding tert-OH is 2. The number of rotatable bonds is 8. The van der Waals surface area contributed by atoms with Crippen molar-refractivity contribution in [1.82, 2.24) is 0 Å². The van der Waals surface area contributed by atoms with Gasteiger partial charge in [0.25, 0.3) is 11.4 Å². The molecule has 0 heterocycles. The fraction of sp³-hybridized carbons (Fsp3) is 0.333. The van der Waals surface area contributed by atoms with E-state index in [0.717, 1.165) is 6.07 Å². The maximum absolute atomic E-state index is 10.5. The van der Waals surface area contributed by atoms with Crippen molar-refractivity contribution in [3.63, 3.8) is 0 Å². The normalized spacial score (nSPS) is 9.32. The first-order valence-electron chi connectivity index (χ1n) is 8.49. The fourth-order valence-electron chi connectivity index (χ4n) is 1.84. The molecule has 0 amide bonds. The Morgan fingerprint density at radius 2 is 1.35 bits per heavy atom. The fourth-order valence-corrected chi connectivity index (χ4v) is 1.84. The first kappa shape index (κ1) is 27.8. The van der Waals surface area contributed by atoms with Crippen molar-refractivity contribution >= 4 is 27.3 Å². The summed E-state index contributed by atoms with van der Waals surface area (Å²) >= 11 is 3.00. The van der Waals surface area contributed by atoms with Crippen LogP contribution in [0.2, 0.25) is 0 Å². The van der Waals surface area contributed by atoms with Crippen LogP contribution >= 0.6 is 15.9 Å². The molecule has 12 nitrogen and oxygen atoms in total. The minimum Gasteiger partial charge on any atom is -0.504 e. The highest BCUT2D eigenvalue weighted by Crippen LogP contribution is 2.31. The molecule has 0 aromatic heterocycles. The summed E-state index contributed by atoms with van der Waals surface area (Å²) in [5.41, 5.74) is -0.239. The van der Waals surface area contributed by atoms with Crippen molar-refractivity contribution in [2.24, 2.45) is 0 Å². The minimum absolute atomic E-state index is 0.0670. The van der Waals surface area contributed by atoms with Crippen molar-refractivity contribution in [1.29, 1.82) is 0 Å². The van der Waals surface area contributed by atoms with E-state index in [1.54, 1.807) is 0 Å². The molecule has 0 saturated heterocycles. The third-order valence-corrected chi connectivity index (χ3v) is 3.52. The molecule has 0 aliphatic heterocycles. The van der Waals surface area contributed by atoms with Gasteiger partial charge in [-0.2, -0.15) is 0 Å². The van der Waals surface area contributed by atoms with Crippen molar-refractivity contribution in [2.45, 2.75) is 0 Å². The number of methoxy groups -OCH3 is 2. The molecule has 2 rings (SSSR count). The maximum atomic E-state index is 10.5. The third kappa shape index (κ3) is 10.4. The molecule has 0 atom stereocenters. The number of non-ortho nitro benzene ring substituents is 2. The van der Waals surface area contributed by atoms with Crippen LogP contribution in [0.25, 0.3) is 0 Å². The summed E-state index contributed by atoms with van der Waals surface area (Å²) in [6, 6.07) is 7.68. The van der Waals surface area contributed by atoms with Crippen LogP contribution in [-0.2, 0) is 0 Å². The Labute approximate surface area is 186 Å². The predicted molar refractivity (Wildman–Crippen MR) is 114 cm³/mol. The van der Waals surface area contributed by atoms with Crippen LogP contribution in [0.15, 0.2) is 36.4 Å². The second kappa shape index (κ2) is 15.6. The standard InChI is InChI=1S/C9H11NO5.C7H7NO4.C2H5BrO/c1-14-8-3-2-7(10(12)13)6-9(8)15-5-4-11;1-12-7-3-2-5(8(10)11)4-6(7)9;3-1-2-4/h2-3,6,11H,4-5H2,1H3;2-4,9H,1H3;4H,1-2H2. The van der Waals surface area contributed by atoms with Crippen molar-refractivity contribution in [2.75, 3.05) is 39.4 Å². The monoisotopic (exact) mass is 506 g/mol. The van der Waals surface area contributed by atoms with E-state index in [1.165, 1.54) is 44.6 Å². The van der Waals surface area contributed by atoms with E-state index >= 15 is 0 Å². The largest absolute Gasteiger partial charge is 0.504 e. The molecule has 3 N–H and O–H groups in total. The third-order valence-electron chi connectivity index (χ3n) is 3.16. The highest BCUT2D eigenvalue weighted by atomic mass is 79.9. The number of phenols is 1. The number of hydrogen-bond donors (Lipinski definition) is 3. The quantitative estimate of drug-likeness (QED) is 0.274. The summed E-state index contributed by atoms with van der Waals surface area (Å²) in [5.74, 6) is 0.641. The molecule has 172 valence electrons. The van der Waals surface area contributed by atoms with E-state index in [-0.39, 0.29) is 48.4 Å². The maximum Gasteiger partial charge on any atom is 0.273 e. The van der Waals surface area contributed by atoms with Crippen LogP contribution < -0.4 is 14.2 Å². The number of nitro groups is 2. The molecule has 0 radical (unpaired) electrons. The molecule has 0 fully saturated rings. The molecular weight excluding hydrogens is 484 g/mol. The number of alkyl halides is 1. The van der Waals surface area contributed by atoms with Crippen molar-refractivity contribution < 1.29 is 39.4 Å². The number of ether oxygens (including phenoxy) is 3.